The van der Waals surface area contributed by atoms with Crippen LogP contribution in [-0.4, -0.2) is 23.4 Å². The maximum Gasteiger partial charge on any atom is 0.257 e. The fourth-order valence-electron chi connectivity index (χ4n) is 0.408. The van der Waals surface area contributed by atoms with Crippen LogP contribution in [0.5, 0.6) is 0 Å². The van der Waals surface area contributed by atoms with Gasteiger partial charge in [0.25, 0.3) is 5.91 Å². The van der Waals surface area contributed by atoms with Crippen molar-refractivity contribution in [1.29, 1.82) is 0 Å². The van der Waals surface area contributed by atoms with Gasteiger partial charge in [-0.25, -0.2) is 10.9 Å². The minimum absolute atomic E-state index is 0.211. The molecule has 0 saturated heterocycles. The van der Waals surface area contributed by atoms with Crippen molar-refractivity contribution in [3.8, 4) is 0 Å². The van der Waals surface area contributed by atoms with Gasteiger partial charge in [-0.3, -0.25) is 9.59 Å². The van der Waals surface area contributed by atoms with Gasteiger partial charge >= 0.3 is 0 Å². The van der Waals surface area contributed by atoms with Crippen molar-refractivity contribution in [1.82, 2.24) is 5.01 Å². The van der Waals surface area contributed by atoms with Crippen LogP contribution in [0.3, 0.4) is 0 Å². The molecule has 0 unspecified atom stereocenters. The lowest BCUT2D eigenvalue weighted by Gasteiger charge is -2.11. The Bertz CT molecular complexity index is 130. The van der Waals surface area contributed by atoms with Crippen LogP contribution < -0.4 is 11.6 Å². The molecule has 4 N–H and O–H groups in total. The molecule has 0 aromatic carbocycles. The molecule has 0 saturated carbocycles. The Morgan fingerprint density at radius 3 is 2.20 bits per heavy atom. The van der Waals surface area contributed by atoms with Gasteiger partial charge in [-0.1, -0.05) is 6.92 Å². The Labute approximate surface area is 58.9 Å². The molecule has 0 aromatic heterocycles. The molecule has 0 rings (SSSR count). The molecule has 0 heterocycles. The minimum atomic E-state index is -0.563. The Hall–Kier alpha value is -0.940. The van der Waals surface area contributed by atoms with E-state index in [1.165, 1.54) is 0 Å². The SMILES string of the molecule is CCC(=O)N(N)C(=O)CN. The lowest BCUT2D eigenvalue weighted by Crippen LogP contribution is -2.45. The smallest absolute Gasteiger partial charge is 0.257 e. The van der Waals surface area contributed by atoms with Gasteiger partial charge < -0.3 is 5.73 Å². The molecule has 58 valence electrons. The summed E-state index contributed by atoms with van der Waals surface area (Å²) in [7, 11) is 0. The maximum atomic E-state index is 10.6. The maximum absolute atomic E-state index is 10.6. The number of nitrogens with two attached hydrogens (primary N) is 2. The van der Waals surface area contributed by atoms with Crippen molar-refractivity contribution in [2.75, 3.05) is 6.54 Å². The first-order valence-electron chi connectivity index (χ1n) is 2.94. The largest absolute Gasteiger partial charge is 0.322 e. The van der Waals surface area contributed by atoms with Crippen LogP contribution in [0.1, 0.15) is 13.3 Å². The second-order valence-electron chi connectivity index (χ2n) is 1.72. The van der Waals surface area contributed by atoms with E-state index < -0.39 is 11.8 Å². The quantitative estimate of drug-likeness (QED) is 0.283. The molecule has 0 atom stereocenters. The summed E-state index contributed by atoms with van der Waals surface area (Å²) in [5.41, 5.74) is 4.94. The van der Waals surface area contributed by atoms with Crippen LogP contribution in [0.15, 0.2) is 0 Å². The Morgan fingerprint density at radius 2 is 1.90 bits per heavy atom. The van der Waals surface area contributed by atoms with E-state index in [9.17, 15) is 9.59 Å². The molecule has 2 amide bonds. The average molecular weight is 145 g/mol. The molecular formula is C5H11N3O2. The highest BCUT2D eigenvalue weighted by atomic mass is 16.2. The fraction of sp³-hybridized carbons (Fsp3) is 0.600. The standard InChI is InChI=1S/C5H11N3O2/c1-2-4(9)8(7)5(10)3-6/h2-3,6-7H2,1H3. The van der Waals surface area contributed by atoms with Crippen LogP contribution >= 0.6 is 0 Å². The van der Waals surface area contributed by atoms with E-state index >= 15 is 0 Å². The summed E-state index contributed by atoms with van der Waals surface area (Å²) >= 11 is 0. The Balaban J connectivity index is 3.94. The van der Waals surface area contributed by atoms with Crippen LogP contribution in [-0.2, 0) is 9.59 Å². The van der Waals surface area contributed by atoms with Crippen molar-refractivity contribution in [2.24, 2.45) is 11.6 Å². The molecule has 0 fully saturated rings. The number of carbonyl (C=O) groups is 2. The monoisotopic (exact) mass is 145 g/mol. The third-order valence-corrected chi connectivity index (χ3v) is 1.01. The molecular weight excluding hydrogens is 134 g/mol. The molecule has 0 aromatic rings. The highest BCUT2D eigenvalue weighted by molar-refractivity contribution is 5.95. The lowest BCUT2D eigenvalue weighted by molar-refractivity contribution is -0.144. The summed E-state index contributed by atoms with van der Waals surface area (Å²) in [5.74, 6) is 4.05. The molecule has 0 aliphatic rings. The second-order valence-corrected chi connectivity index (χ2v) is 1.72. The molecule has 0 aliphatic carbocycles. The highest BCUT2D eigenvalue weighted by Gasteiger charge is 2.12. The Kier molecular flexibility index (Phi) is 3.60. The van der Waals surface area contributed by atoms with E-state index in [1.54, 1.807) is 6.92 Å². The van der Waals surface area contributed by atoms with Crippen molar-refractivity contribution < 1.29 is 9.59 Å². The van der Waals surface area contributed by atoms with Crippen molar-refractivity contribution in [3.05, 3.63) is 0 Å². The summed E-state index contributed by atoms with van der Waals surface area (Å²) in [6, 6.07) is 0. The van der Waals surface area contributed by atoms with Gasteiger partial charge in [-0.2, -0.15) is 0 Å². The zero-order valence-corrected chi connectivity index (χ0v) is 5.83. The third-order valence-electron chi connectivity index (χ3n) is 1.01. The summed E-state index contributed by atoms with van der Waals surface area (Å²) in [6.45, 7) is 1.38. The number of carbonyl (C=O) groups excluding carboxylic acids is 2. The van der Waals surface area contributed by atoms with Crippen LogP contribution in [0.2, 0.25) is 0 Å². The van der Waals surface area contributed by atoms with Crippen LogP contribution in [0.4, 0.5) is 0 Å². The second kappa shape index (κ2) is 3.97. The number of hydrogen-bond acceptors (Lipinski definition) is 4. The van der Waals surface area contributed by atoms with Crippen LogP contribution in [0, 0.1) is 0 Å². The van der Waals surface area contributed by atoms with Gasteiger partial charge in [0.15, 0.2) is 0 Å². The number of rotatable bonds is 2. The van der Waals surface area contributed by atoms with Crippen LogP contribution in [0.25, 0.3) is 0 Å². The average Bonchev–Trinajstić information content (AvgIpc) is 2.00. The summed E-state index contributed by atoms with van der Waals surface area (Å²) in [6.07, 6.45) is 0.211. The van der Waals surface area contributed by atoms with Gasteiger partial charge in [0.2, 0.25) is 5.91 Å². The van der Waals surface area contributed by atoms with E-state index in [0.717, 1.165) is 0 Å². The first-order chi connectivity index (χ1) is 4.63. The predicted molar refractivity (Wildman–Crippen MR) is 35.4 cm³/mol. The molecule has 10 heavy (non-hydrogen) atoms. The lowest BCUT2D eigenvalue weighted by atomic mass is 10.4. The van der Waals surface area contributed by atoms with Crippen molar-refractivity contribution in [2.45, 2.75) is 13.3 Å². The Morgan fingerprint density at radius 1 is 1.40 bits per heavy atom. The predicted octanol–water partition coefficient (Wildman–Crippen LogP) is -1.42. The topological polar surface area (TPSA) is 89.4 Å². The summed E-state index contributed by atoms with van der Waals surface area (Å²) in [5, 5.41) is 0.542. The number of hydrogen-bond donors (Lipinski definition) is 2. The van der Waals surface area contributed by atoms with Crippen molar-refractivity contribution >= 4 is 11.8 Å². The fourth-order valence-corrected chi connectivity index (χ4v) is 0.408. The molecule has 0 aliphatic heterocycles. The van der Waals surface area contributed by atoms with Gasteiger partial charge in [-0.15, -0.1) is 0 Å². The van der Waals surface area contributed by atoms with E-state index in [2.05, 4.69) is 0 Å². The van der Waals surface area contributed by atoms with Gasteiger partial charge in [-0.05, 0) is 0 Å². The molecule has 0 bridgehead atoms. The summed E-state index contributed by atoms with van der Waals surface area (Å²) in [4.78, 5) is 21.2. The number of nitrogens with zero attached hydrogens (tertiary/aromatic N) is 1. The van der Waals surface area contributed by atoms with E-state index in [-0.39, 0.29) is 13.0 Å². The normalized spacial score (nSPS) is 9.10. The van der Waals surface area contributed by atoms with Gasteiger partial charge in [0.1, 0.15) is 0 Å². The number of imide groups is 1. The highest BCUT2D eigenvalue weighted by Crippen LogP contribution is 1.85. The van der Waals surface area contributed by atoms with E-state index in [1.807, 2.05) is 0 Å². The first kappa shape index (κ1) is 9.06. The van der Waals surface area contributed by atoms with E-state index in [4.69, 9.17) is 11.6 Å². The molecule has 5 heteroatoms. The molecule has 0 spiro atoms. The van der Waals surface area contributed by atoms with Crippen molar-refractivity contribution in [3.63, 3.8) is 0 Å². The third kappa shape index (κ3) is 2.12. The zero-order valence-electron chi connectivity index (χ0n) is 5.83. The number of hydrazine groups is 1. The minimum Gasteiger partial charge on any atom is -0.322 e. The first-order valence-corrected chi connectivity index (χ1v) is 2.94. The van der Waals surface area contributed by atoms with E-state index in [0.29, 0.717) is 5.01 Å². The zero-order chi connectivity index (χ0) is 8.15. The molecule has 0 radical (unpaired) electrons. The van der Waals surface area contributed by atoms with Gasteiger partial charge in [0, 0.05) is 6.42 Å². The van der Waals surface area contributed by atoms with Gasteiger partial charge in [0.05, 0.1) is 6.54 Å². The molecule has 5 nitrogen and oxygen atoms in total. The number of amides is 2. The summed E-state index contributed by atoms with van der Waals surface area (Å²) < 4.78 is 0.